The molecule has 0 spiro atoms. The van der Waals surface area contributed by atoms with Crippen LogP contribution in [-0.4, -0.2) is 5.11 Å². The van der Waals surface area contributed by atoms with Gasteiger partial charge < -0.3 is 5.11 Å². The van der Waals surface area contributed by atoms with Gasteiger partial charge in [0.2, 0.25) is 0 Å². The minimum absolute atomic E-state index is 0.0571. The van der Waals surface area contributed by atoms with Crippen LogP contribution in [0.1, 0.15) is 10.4 Å². The molecular weight excluding hydrogens is 190 g/mol. The lowest BCUT2D eigenvalue weighted by molar-refractivity contribution is 0.284. The van der Waals surface area contributed by atoms with Crippen molar-refractivity contribution < 1.29 is 5.11 Å². The molecule has 0 bridgehead atoms. The first-order valence-electron chi connectivity index (χ1n) is 3.36. The predicted octanol–water partition coefficient (Wildman–Crippen LogP) is 2.33. The van der Waals surface area contributed by atoms with Crippen molar-refractivity contribution in [3.8, 4) is 6.07 Å². The zero-order valence-electron chi connectivity index (χ0n) is 6.07. The first-order chi connectivity index (χ1) is 5.85. The second-order valence-electron chi connectivity index (χ2n) is 2.34. The second-order valence-corrected chi connectivity index (χ2v) is 4.53. The molecule has 1 N–H and O–H groups in total. The van der Waals surface area contributed by atoms with E-state index < -0.39 is 0 Å². The molecule has 0 saturated heterocycles. The van der Waals surface area contributed by atoms with Crippen LogP contribution in [0.2, 0.25) is 0 Å². The summed E-state index contributed by atoms with van der Waals surface area (Å²) in [6, 6.07) is 3.93. The number of hydrogen-bond acceptors (Lipinski definition) is 4. The van der Waals surface area contributed by atoms with Crippen LogP contribution in [0.15, 0.2) is 11.4 Å². The van der Waals surface area contributed by atoms with Crippen molar-refractivity contribution >= 4 is 32.1 Å². The summed E-state index contributed by atoms with van der Waals surface area (Å²) in [5.74, 6) is 0. The summed E-state index contributed by atoms with van der Waals surface area (Å²) >= 11 is 3.06. The van der Waals surface area contributed by atoms with E-state index in [1.807, 2.05) is 11.4 Å². The Morgan fingerprint density at radius 1 is 1.58 bits per heavy atom. The van der Waals surface area contributed by atoms with Crippen LogP contribution >= 0.6 is 22.7 Å². The molecule has 0 amide bonds. The number of nitriles is 1. The Hall–Kier alpha value is -0.890. The lowest BCUT2D eigenvalue weighted by Gasteiger charge is -1.84. The largest absolute Gasteiger partial charge is 0.392 e. The first-order valence-corrected chi connectivity index (χ1v) is 5.05. The average Bonchev–Trinajstić information content (AvgIpc) is 2.61. The molecule has 12 heavy (non-hydrogen) atoms. The standard InChI is InChI=1S/C8H5NOS2/c9-2-6-1-7-5(3-10)4-11-8(7)12-6/h1,4,10H,3H2. The minimum Gasteiger partial charge on any atom is -0.392 e. The molecule has 0 aliphatic rings. The van der Waals surface area contributed by atoms with Crippen LogP contribution in [-0.2, 0) is 6.61 Å². The van der Waals surface area contributed by atoms with Crippen molar-refractivity contribution in [2.24, 2.45) is 0 Å². The van der Waals surface area contributed by atoms with Gasteiger partial charge in [-0.3, -0.25) is 0 Å². The summed E-state index contributed by atoms with van der Waals surface area (Å²) in [5.41, 5.74) is 0.924. The van der Waals surface area contributed by atoms with Gasteiger partial charge >= 0.3 is 0 Å². The fourth-order valence-electron chi connectivity index (χ4n) is 1.05. The van der Waals surface area contributed by atoms with Gasteiger partial charge in [-0.05, 0) is 17.0 Å². The zero-order valence-corrected chi connectivity index (χ0v) is 7.71. The topological polar surface area (TPSA) is 44.0 Å². The van der Waals surface area contributed by atoms with E-state index in [-0.39, 0.29) is 6.61 Å². The molecule has 2 nitrogen and oxygen atoms in total. The van der Waals surface area contributed by atoms with Gasteiger partial charge in [-0.1, -0.05) is 0 Å². The molecule has 2 rings (SSSR count). The van der Waals surface area contributed by atoms with Gasteiger partial charge in [0.1, 0.15) is 10.9 Å². The second kappa shape index (κ2) is 2.87. The third kappa shape index (κ3) is 1.03. The molecular formula is C8H5NOS2. The molecule has 0 unspecified atom stereocenters. The summed E-state index contributed by atoms with van der Waals surface area (Å²) in [6.45, 7) is 0.0571. The van der Waals surface area contributed by atoms with Gasteiger partial charge in [0, 0.05) is 5.39 Å². The third-order valence-corrected chi connectivity index (χ3v) is 3.84. The Labute approximate surface area is 77.3 Å². The molecule has 0 atom stereocenters. The monoisotopic (exact) mass is 195 g/mol. The Balaban J connectivity index is 2.70. The number of thiophene rings is 2. The number of nitrogens with zero attached hydrogens (tertiary/aromatic N) is 1. The summed E-state index contributed by atoms with van der Waals surface area (Å²) < 4.78 is 1.12. The number of rotatable bonds is 1. The third-order valence-electron chi connectivity index (χ3n) is 1.63. The van der Waals surface area contributed by atoms with Gasteiger partial charge in [-0.25, -0.2) is 0 Å². The molecule has 0 aromatic carbocycles. The fraction of sp³-hybridized carbons (Fsp3) is 0.125. The Morgan fingerprint density at radius 2 is 2.42 bits per heavy atom. The van der Waals surface area contributed by atoms with Crippen molar-refractivity contribution in [2.75, 3.05) is 0 Å². The molecule has 2 aromatic rings. The molecule has 0 fully saturated rings. The maximum Gasteiger partial charge on any atom is 0.110 e. The van der Waals surface area contributed by atoms with Crippen LogP contribution in [0.4, 0.5) is 0 Å². The molecule has 4 heteroatoms. The Bertz CT molecular complexity index is 449. The fourth-order valence-corrected chi connectivity index (χ4v) is 3.15. The van der Waals surface area contributed by atoms with Crippen LogP contribution in [0, 0.1) is 11.3 Å². The van der Waals surface area contributed by atoms with Crippen LogP contribution in [0.25, 0.3) is 9.40 Å². The maximum atomic E-state index is 8.93. The molecule has 0 aliphatic carbocycles. The number of aliphatic hydroxyl groups is 1. The molecule has 0 saturated carbocycles. The molecule has 2 heterocycles. The van der Waals surface area contributed by atoms with E-state index in [1.54, 1.807) is 11.3 Å². The highest BCUT2D eigenvalue weighted by atomic mass is 32.2. The number of aliphatic hydroxyl groups excluding tert-OH is 1. The van der Waals surface area contributed by atoms with Gasteiger partial charge in [-0.2, -0.15) is 5.26 Å². The molecule has 0 radical (unpaired) electrons. The van der Waals surface area contributed by atoms with Crippen molar-refractivity contribution in [3.63, 3.8) is 0 Å². The van der Waals surface area contributed by atoms with E-state index in [0.717, 1.165) is 15.0 Å². The minimum atomic E-state index is 0.0571. The molecule has 60 valence electrons. The van der Waals surface area contributed by atoms with Crippen molar-refractivity contribution in [2.45, 2.75) is 6.61 Å². The summed E-state index contributed by atoms with van der Waals surface area (Å²) in [4.78, 5) is 0.714. The van der Waals surface area contributed by atoms with E-state index in [1.165, 1.54) is 11.3 Å². The summed E-state index contributed by atoms with van der Waals surface area (Å²) in [5, 5.41) is 20.5. The average molecular weight is 195 g/mol. The van der Waals surface area contributed by atoms with Gasteiger partial charge in [0.25, 0.3) is 0 Å². The van der Waals surface area contributed by atoms with Crippen molar-refractivity contribution in [3.05, 3.63) is 21.9 Å². The van der Waals surface area contributed by atoms with E-state index in [0.29, 0.717) is 4.88 Å². The summed E-state index contributed by atoms with van der Waals surface area (Å²) in [6.07, 6.45) is 0. The van der Waals surface area contributed by atoms with E-state index in [2.05, 4.69) is 6.07 Å². The molecule has 2 aromatic heterocycles. The molecule has 0 aliphatic heterocycles. The zero-order chi connectivity index (χ0) is 8.55. The van der Waals surface area contributed by atoms with Crippen molar-refractivity contribution in [1.82, 2.24) is 0 Å². The first kappa shape index (κ1) is 7.74. The highest BCUT2D eigenvalue weighted by Gasteiger charge is 2.06. The van der Waals surface area contributed by atoms with Gasteiger partial charge in [-0.15, -0.1) is 22.7 Å². The van der Waals surface area contributed by atoms with Crippen molar-refractivity contribution in [1.29, 1.82) is 5.26 Å². The van der Waals surface area contributed by atoms with Crippen LogP contribution in [0.3, 0.4) is 0 Å². The van der Waals surface area contributed by atoms with Gasteiger partial charge in [0.15, 0.2) is 0 Å². The van der Waals surface area contributed by atoms with E-state index in [4.69, 9.17) is 10.4 Å². The van der Waals surface area contributed by atoms with Crippen LogP contribution in [0.5, 0.6) is 0 Å². The smallest absolute Gasteiger partial charge is 0.110 e. The van der Waals surface area contributed by atoms with E-state index in [9.17, 15) is 0 Å². The van der Waals surface area contributed by atoms with Gasteiger partial charge in [0.05, 0.1) is 10.6 Å². The Kier molecular flexibility index (Phi) is 1.85. The summed E-state index contributed by atoms with van der Waals surface area (Å²) in [7, 11) is 0. The maximum absolute atomic E-state index is 8.93. The normalized spacial score (nSPS) is 10.3. The van der Waals surface area contributed by atoms with Crippen LogP contribution < -0.4 is 0 Å². The van der Waals surface area contributed by atoms with E-state index >= 15 is 0 Å². The Morgan fingerprint density at radius 3 is 3.08 bits per heavy atom. The lowest BCUT2D eigenvalue weighted by Crippen LogP contribution is -1.75. The SMILES string of the molecule is N#Cc1cc2c(CO)csc2s1. The highest BCUT2D eigenvalue weighted by molar-refractivity contribution is 7.37. The highest BCUT2D eigenvalue weighted by Crippen LogP contribution is 2.33. The number of fused-ring (bicyclic) bond motifs is 1. The lowest BCUT2D eigenvalue weighted by atomic mass is 10.2. The predicted molar refractivity (Wildman–Crippen MR) is 50.3 cm³/mol. The quantitative estimate of drug-likeness (QED) is 0.759. The number of hydrogen-bond donors (Lipinski definition) is 1.